The molecule has 2 aromatic heterocycles. The Labute approximate surface area is 152 Å². The summed E-state index contributed by atoms with van der Waals surface area (Å²) in [5, 5.41) is 8.54. The van der Waals surface area contributed by atoms with E-state index in [2.05, 4.69) is 15.2 Å². The normalized spacial score (nSPS) is 24.2. The zero-order chi connectivity index (χ0) is 17.7. The number of hydrogen-bond donors (Lipinski definition) is 0. The third-order valence-electron chi connectivity index (χ3n) is 5.76. The molecule has 0 bridgehead atoms. The van der Waals surface area contributed by atoms with E-state index in [1.165, 1.54) is 18.4 Å². The van der Waals surface area contributed by atoms with Crippen LogP contribution in [-0.4, -0.2) is 64.0 Å². The fraction of sp³-hybridized carbons (Fsp3) is 0.611. The molecule has 0 N–H and O–H groups in total. The molecule has 2 aliphatic heterocycles. The Hall–Kier alpha value is -2.35. The minimum absolute atomic E-state index is 0.0534. The Balaban J connectivity index is 1.24. The quantitative estimate of drug-likeness (QED) is 0.820. The van der Waals surface area contributed by atoms with Crippen LogP contribution in [0.4, 0.5) is 10.5 Å². The average Bonchev–Trinajstić information content (AvgIpc) is 3.04. The first-order valence-corrected chi connectivity index (χ1v) is 9.41. The molecule has 2 amide bonds. The van der Waals surface area contributed by atoms with Crippen LogP contribution in [0.1, 0.15) is 42.5 Å². The number of rotatable bonds is 5. The van der Waals surface area contributed by atoms with Gasteiger partial charge >= 0.3 is 6.03 Å². The predicted octanol–water partition coefficient (Wildman–Crippen LogP) is 2.07. The van der Waals surface area contributed by atoms with Crippen molar-refractivity contribution in [2.24, 2.45) is 0 Å². The van der Waals surface area contributed by atoms with Gasteiger partial charge < -0.3 is 9.42 Å². The number of carbonyl (C=O) groups is 1. The molecule has 138 valence electrons. The third kappa shape index (κ3) is 2.78. The lowest BCUT2D eigenvalue weighted by Gasteiger charge is -2.16. The van der Waals surface area contributed by atoms with Gasteiger partial charge in [0.25, 0.3) is 0 Å². The molecule has 26 heavy (non-hydrogen) atoms. The van der Waals surface area contributed by atoms with Gasteiger partial charge in [-0.15, -0.1) is 0 Å². The van der Waals surface area contributed by atoms with E-state index in [1.54, 1.807) is 9.80 Å². The van der Waals surface area contributed by atoms with E-state index in [9.17, 15) is 4.79 Å². The summed E-state index contributed by atoms with van der Waals surface area (Å²) in [5.41, 5.74) is 2.13. The van der Waals surface area contributed by atoms with Crippen LogP contribution in [0.25, 0.3) is 0 Å². The van der Waals surface area contributed by atoms with Gasteiger partial charge in [0.05, 0.1) is 24.1 Å². The summed E-state index contributed by atoms with van der Waals surface area (Å²) in [4.78, 5) is 18.1. The highest BCUT2D eigenvalue weighted by Gasteiger charge is 2.33. The Kier molecular flexibility index (Phi) is 3.74. The molecular formula is C18H24N6O2. The molecule has 3 aliphatic rings. The van der Waals surface area contributed by atoms with Crippen LogP contribution in [0.5, 0.6) is 0 Å². The van der Waals surface area contributed by atoms with Crippen LogP contribution in [-0.2, 0) is 6.54 Å². The molecule has 3 fully saturated rings. The number of carbonyl (C=O) groups excluding carboxylic acids is 1. The van der Waals surface area contributed by atoms with Crippen molar-refractivity contribution in [2.45, 2.75) is 37.8 Å². The number of urea groups is 1. The Bertz CT molecular complexity index is 810. The molecule has 1 aliphatic carbocycles. The minimum Gasteiger partial charge on any atom is -0.361 e. The second-order valence-corrected chi connectivity index (χ2v) is 7.70. The number of likely N-dealkylation sites (tertiary alicyclic amines) is 1. The van der Waals surface area contributed by atoms with Crippen molar-refractivity contribution >= 4 is 11.7 Å². The van der Waals surface area contributed by atoms with Crippen LogP contribution < -0.4 is 4.90 Å². The maximum Gasteiger partial charge on any atom is 0.324 e. The average molecular weight is 356 g/mol. The third-order valence-corrected chi connectivity index (χ3v) is 5.76. The van der Waals surface area contributed by atoms with Crippen molar-refractivity contribution in [3.63, 3.8) is 0 Å². The standard InChI is InChI=1S/C18H24N6O2/c1-21-6-7-23(18(21)25)16-9-19-24(12-16)15-4-5-22(11-15)10-14-8-20-26-17(14)13-2-3-13/h8-9,12-13,15H,2-7,10-11H2,1H3. The molecule has 1 saturated carbocycles. The first kappa shape index (κ1) is 15.9. The summed E-state index contributed by atoms with van der Waals surface area (Å²) in [5.74, 6) is 1.68. The molecule has 1 atom stereocenters. The Morgan fingerprint density at radius 2 is 2.08 bits per heavy atom. The van der Waals surface area contributed by atoms with Crippen LogP contribution in [0, 0.1) is 0 Å². The van der Waals surface area contributed by atoms with Gasteiger partial charge in [-0.3, -0.25) is 14.5 Å². The number of anilines is 1. The molecule has 2 saturated heterocycles. The molecule has 4 heterocycles. The molecule has 0 spiro atoms. The Morgan fingerprint density at radius 3 is 2.85 bits per heavy atom. The van der Waals surface area contributed by atoms with Crippen molar-refractivity contribution in [1.29, 1.82) is 0 Å². The summed E-state index contributed by atoms with van der Waals surface area (Å²) in [6.07, 6.45) is 9.23. The fourth-order valence-electron chi connectivity index (χ4n) is 4.04. The van der Waals surface area contributed by atoms with Crippen molar-refractivity contribution in [3.05, 3.63) is 29.9 Å². The minimum atomic E-state index is 0.0534. The monoisotopic (exact) mass is 356 g/mol. The van der Waals surface area contributed by atoms with Gasteiger partial charge in [-0.05, 0) is 19.3 Å². The number of likely N-dealkylation sites (N-methyl/N-ethyl adjacent to an activating group) is 1. The second-order valence-electron chi connectivity index (χ2n) is 7.70. The van der Waals surface area contributed by atoms with E-state index >= 15 is 0 Å². The van der Waals surface area contributed by atoms with E-state index < -0.39 is 0 Å². The molecule has 5 rings (SSSR count). The fourth-order valence-corrected chi connectivity index (χ4v) is 4.04. The predicted molar refractivity (Wildman–Crippen MR) is 95.0 cm³/mol. The molecule has 0 aromatic carbocycles. The number of amides is 2. The lowest BCUT2D eigenvalue weighted by molar-refractivity contribution is 0.229. The number of nitrogens with zero attached hydrogens (tertiary/aromatic N) is 6. The lowest BCUT2D eigenvalue weighted by Crippen LogP contribution is -2.28. The van der Waals surface area contributed by atoms with Gasteiger partial charge in [-0.1, -0.05) is 5.16 Å². The lowest BCUT2D eigenvalue weighted by atomic mass is 10.2. The van der Waals surface area contributed by atoms with Gasteiger partial charge in [-0.2, -0.15) is 5.10 Å². The summed E-state index contributed by atoms with van der Waals surface area (Å²) in [6, 6.07) is 0.404. The van der Waals surface area contributed by atoms with E-state index in [0.29, 0.717) is 12.0 Å². The molecule has 8 nitrogen and oxygen atoms in total. The summed E-state index contributed by atoms with van der Waals surface area (Å²) >= 11 is 0. The SMILES string of the molecule is CN1CCN(c2cnn(C3CCN(Cc4cnoc4C4CC4)C3)c2)C1=O. The van der Waals surface area contributed by atoms with Gasteiger partial charge in [0.1, 0.15) is 5.76 Å². The number of aromatic nitrogens is 3. The van der Waals surface area contributed by atoms with Crippen LogP contribution >= 0.6 is 0 Å². The highest BCUT2D eigenvalue weighted by Crippen LogP contribution is 2.42. The largest absolute Gasteiger partial charge is 0.361 e. The molecule has 0 radical (unpaired) electrons. The van der Waals surface area contributed by atoms with Crippen molar-refractivity contribution in [3.8, 4) is 0 Å². The van der Waals surface area contributed by atoms with Gasteiger partial charge in [0.2, 0.25) is 0 Å². The topological polar surface area (TPSA) is 70.6 Å². The smallest absolute Gasteiger partial charge is 0.324 e. The van der Waals surface area contributed by atoms with Crippen molar-refractivity contribution < 1.29 is 9.32 Å². The maximum atomic E-state index is 12.1. The van der Waals surface area contributed by atoms with E-state index in [0.717, 1.165) is 50.6 Å². The number of hydrogen-bond acceptors (Lipinski definition) is 5. The second kappa shape index (κ2) is 6.12. The summed E-state index contributed by atoms with van der Waals surface area (Å²) < 4.78 is 7.48. The van der Waals surface area contributed by atoms with Gasteiger partial charge in [0.15, 0.2) is 0 Å². The van der Waals surface area contributed by atoms with Gasteiger partial charge in [0, 0.05) is 57.4 Å². The molecular weight excluding hydrogens is 332 g/mol. The van der Waals surface area contributed by atoms with Gasteiger partial charge in [-0.25, -0.2) is 4.79 Å². The van der Waals surface area contributed by atoms with E-state index in [4.69, 9.17) is 4.52 Å². The molecule has 1 unspecified atom stereocenters. The molecule has 8 heteroatoms. The first-order chi connectivity index (χ1) is 12.7. The molecule has 2 aromatic rings. The highest BCUT2D eigenvalue weighted by atomic mass is 16.5. The van der Waals surface area contributed by atoms with Crippen molar-refractivity contribution in [1.82, 2.24) is 24.7 Å². The van der Waals surface area contributed by atoms with Crippen LogP contribution in [0.15, 0.2) is 23.1 Å². The summed E-state index contributed by atoms with van der Waals surface area (Å²) in [6.45, 7) is 4.40. The van der Waals surface area contributed by atoms with Crippen molar-refractivity contribution in [2.75, 3.05) is 38.1 Å². The highest BCUT2D eigenvalue weighted by molar-refractivity contribution is 5.93. The Morgan fingerprint density at radius 1 is 1.19 bits per heavy atom. The first-order valence-electron chi connectivity index (χ1n) is 9.41. The van der Waals surface area contributed by atoms with E-state index in [1.807, 2.05) is 30.3 Å². The zero-order valence-corrected chi connectivity index (χ0v) is 15.0. The van der Waals surface area contributed by atoms with E-state index in [-0.39, 0.29) is 6.03 Å². The zero-order valence-electron chi connectivity index (χ0n) is 15.0. The summed E-state index contributed by atoms with van der Waals surface area (Å²) in [7, 11) is 1.84. The van der Waals surface area contributed by atoms with Crippen LogP contribution in [0.3, 0.4) is 0 Å². The maximum absolute atomic E-state index is 12.1. The van der Waals surface area contributed by atoms with Crippen LogP contribution in [0.2, 0.25) is 0 Å².